The van der Waals surface area contributed by atoms with Crippen LogP contribution in [0.1, 0.15) is 25.8 Å². The monoisotopic (exact) mass is 249 g/mol. The Labute approximate surface area is 105 Å². The van der Waals surface area contributed by atoms with Crippen molar-refractivity contribution in [2.45, 2.75) is 31.9 Å². The molecule has 1 heterocycles. The zero-order valence-electron chi connectivity index (χ0n) is 10.3. The van der Waals surface area contributed by atoms with Gasteiger partial charge in [-0.25, -0.2) is 9.37 Å². The SMILES string of the molecule is CCOC1CC(n2c(N)nc3cc(F)ccc32)C1. The molecule has 0 saturated heterocycles. The predicted molar refractivity (Wildman–Crippen MR) is 67.8 cm³/mol. The molecule has 0 bridgehead atoms. The number of ether oxygens (including phenoxy) is 1. The van der Waals surface area contributed by atoms with Crippen molar-refractivity contribution in [3.05, 3.63) is 24.0 Å². The molecule has 1 aromatic heterocycles. The molecule has 4 nitrogen and oxygen atoms in total. The molecule has 0 aliphatic heterocycles. The van der Waals surface area contributed by atoms with Gasteiger partial charge in [0.1, 0.15) is 5.82 Å². The summed E-state index contributed by atoms with van der Waals surface area (Å²) in [5, 5.41) is 0. The Morgan fingerprint density at radius 2 is 2.28 bits per heavy atom. The van der Waals surface area contributed by atoms with E-state index in [1.165, 1.54) is 12.1 Å². The second-order valence-electron chi connectivity index (χ2n) is 4.68. The van der Waals surface area contributed by atoms with Crippen molar-refractivity contribution >= 4 is 17.0 Å². The first-order valence-corrected chi connectivity index (χ1v) is 6.23. The molecule has 0 atom stereocenters. The Bertz CT molecular complexity index is 575. The Morgan fingerprint density at radius 3 is 3.00 bits per heavy atom. The largest absolute Gasteiger partial charge is 0.378 e. The van der Waals surface area contributed by atoms with E-state index in [4.69, 9.17) is 10.5 Å². The van der Waals surface area contributed by atoms with Crippen LogP contribution in [0.4, 0.5) is 10.3 Å². The second-order valence-corrected chi connectivity index (χ2v) is 4.68. The first kappa shape index (κ1) is 11.5. The van der Waals surface area contributed by atoms with Crippen LogP contribution in [0, 0.1) is 5.82 Å². The summed E-state index contributed by atoms with van der Waals surface area (Å²) >= 11 is 0. The van der Waals surface area contributed by atoms with Crippen LogP contribution in [0.25, 0.3) is 11.0 Å². The fourth-order valence-corrected chi connectivity index (χ4v) is 2.59. The van der Waals surface area contributed by atoms with Crippen LogP contribution in [0.3, 0.4) is 0 Å². The van der Waals surface area contributed by atoms with E-state index in [1.54, 1.807) is 6.07 Å². The van der Waals surface area contributed by atoms with E-state index in [0.29, 0.717) is 23.6 Å². The average molecular weight is 249 g/mol. The van der Waals surface area contributed by atoms with Crippen LogP contribution >= 0.6 is 0 Å². The number of fused-ring (bicyclic) bond motifs is 1. The number of benzene rings is 1. The van der Waals surface area contributed by atoms with E-state index >= 15 is 0 Å². The van der Waals surface area contributed by atoms with Crippen molar-refractivity contribution in [1.82, 2.24) is 9.55 Å². The summed E-state index contributed by atoms with van der Waals surface area (Å²) in [4.78, 5) is 4.21. The number of hydrogen-bond donors (Lipinski definition) is 1. The summed E-state index contributed by atoms with van der Waals surface area (Å²) in [6.45, 7) is 2.74. The zero-order valence-corrected chi connectivity index (χ0v) is 10.3. The molecule has 1 fully saturated rings. The van der Waals surface area contributed by atoms with E-state index in [0.717, 1.165) is 25.0 Å². The standard InChI is InChI=1S/C13H16FN3O/c1-2-18-10-6-9(7-10)17-12-4-3-8(14)5-11(12)16-13(17)15/h3-5,9-10H,2,6-7H2,1H3,(H2,15,16). The molecule has 5 heteroatoms. The molecule has 0 radical (unpaired) electrons. The number of anilines is 1. The van der Waals surface area contributed by atoms with Gasteiger partial charge in [0.2, 0.25) is 5.95 Å². The van der Waals surface area contributed by atoms with E-state index in [2.05, 4.69) is 4.98 Å². The molecule has 0 amide bonds. The molecule has 18 heavy (non-hydrogen) atoms. The topological polar surface area (TPSA) is 53.1 Å². The lowest BCUT2D eigenvalue weighted by Gasteiger charge is -2.36. The third kappa shape index (κ3) is 1.75. The van der Waals surface area contributed by atoms with Crippen LogP contribution in [-0.4, -0.2) is 22.3 Å². The summed E-state index contributed by atoms with van der Waals surface area (Å²) in [6.07, 6.45) is 2.21. The molecular formula is C13H16FN3O. The minimum absolute atomic E-state index is 0.284. The van der Waals surface area contributed by atoms with Crippen molar-refractivity contribution in [2.24, 2.45) is 0 Å². The molecule has 2 aromatic rings. The van der Waals surface area contributed by atoms with Gasteiger partial charge in [0.05, 0.1) is 17.1 Å². The van der Waals surface area contributed by atoms with Gasteiger partial charge >= 0.3 is 0 Å². The lowest BCUT2D eigenvalue weighted by Crippen LogP contribution is -2.33. The second kappa shape index (κ2) is 4.24. The van der Waals surface area contributed by atoms with E-state index in [-0.39, 0.29) is 5.82 Å². The smallest absolute Gasteiger partial charge is 0.201 e. The highest BCUT2D eigenvalue weighted by Crippen LogP contribution is 2.38. The summed E-state index contributed by atoms with van der Waals surface area (Å²) in [5.74, 6) is 0.170. The number of rotatable bonds is 3. The van der Waals surface area contributed by atoms with Crippen LogP contribution in [0.2, 0.25) is 0 Å². The first-order chi connectivity index (χ1) is 8.69. The maximum atomic E-state index is 13.1. The Morgan fingerprint density at radius 1 is 1.50 bits per heavy atom. The van der Waals surface area contributed by atoms with Crippen molar-refractivity contribution < 1.29 is 9.13 Å². The number of imidazole rings is 1. The van der Waals surface area contributed by atoms with Gasteiger partial charge in [0.25, 0.3) is 0 Å². The minimum Gasteiger partial charge on any atom is -0.378 e. The Hall–Kier alpha value is -1.62. The maximum Gasteiger partial charge on any atom is 0.201 e. The summed E-state index contributed by atoms with van der Waals surface area (Å²) in [6, 6.07) is 4.92. The lowest BCUT2D eigenvalue weighted by molar-refractivity contribution is -0.0182. The van der Waals surface area contributed by atoms with E-state index in [1.807, 2.05) is 11.5 Å². The number of nitrogens with two attached hydrogens (primary N) is 1. The number of hydrogen-bond acceptors (Lipinski definition) is 3. The number of nitrogens with zero attached hydrogens (tertiary/aromatic N) is 2. The zero-order chi connectivity index (χ0) is 12.7. The number of halogens is 1. The normalized spacial score (nSPS) is 23.2. The van der Waals surface area contributed by atoms with Crippen molar-refractivity contribution in [3.8, 4) is 0 Å². The van der Waals surface area contributed by atoms with Crippen LogP contribution in [0.5, 0.6) is 0 Å². The summed E-state index contributed by atoms with van der Waals surface area (Å²) in [7, 11) is 0. The van der Waals surface area contributed by atoms with Gasteiger partial charge in [0, 0.05) is 18.7 Å². The fourth-order valence-electron chi connectivity index (χ4n) is 2.59. The molecule has 1 aliphatic rings. The van der Waals surface area contributed by atoms with Crippen LogP contribution in [-0.2, 0) is 4.74 Å². The highest BCUT2D eigenvalue weighted by Gasteiger charge is 2.33. The fraction of sp³-hybridized carbons (Fsp3) is 0.462. The Balaban J connectivity index is 1.91. The third-order valence-corrected chi connectivity index (χ3v) is 3.52. The molecule has 1 saturated carbocycles. The van der Waals surface area contributed by atoms with Gasteiger partial charge in [-0.2, -0.15) is 0 Å². The van der Waals surface area contributed by atoms with Gasteiger partial charge in [-0.05, 0) is 31.9 Å². The molecule has 0 unspecified atom stereocenters. The third-order valence-electron chi connectivity index (χ3n) is 3.52. The Kier molecular flexibility index (Phi) is 2.70. The molecule has 96 valence electrons. The molecule has 2 N–H and O–H groups in total. The minimum atomic E-state index is -0.284. The lowest BCUT2D eigenvalue weighted by atomic mass is 9.89. The van der Waals surface area contributed by atoms with Gasteiger partial charge in [-0.1, -0.05) is 0 Å². The highest BCUT2D eigenvalue weighted by molar-refractivity contribution is 5.78. The molecular weight excluding hydrogens is 233 g/mol. The van der Waals surface area contributed by atoms with Crippen molar-refractivity contribution in [1.29, 1.82) is 0 Å². The number of nitrogen functional groups attached to an aromatic ring is 1. The number of aromatic nitrogens is 2. The summed E-state index contributed by atoms with van der Waals surface area (Å²) < 4.78 is 20.7. The molecule has 0 spiro atoms. The van der Waals surface area contributed by atoms with E-state index in [9.17, 15) is 4.39 Å². The van der Waals surface area contributed by atoms with Crippen molar-refractivity contribution in [3.63, 3.8) is 0 Å². The van der Waals surface area contributed by atoms with Crippen LogP contribution < -0.4 is 5.73 Å². The predicted octanol–water partition coefficient (Wildman–Crippen LogP) is 2.50. The maximum absolute atomic E-state index is 13.1. The quantitative estimate of drug-likeness (QED) is 0.909. The first-order valence-electron chi connectivity index (χ1n) is 6.23. The molecule has 1 aromatic carbocycles. The van der Waals surface area contributed by atoms with E-state index < -0.39 is 0 Å². The average Bonchev–Trinajstić information content (AvgIpc) is 2.58. The summed E-state index contributed by atoms with van der Waals surface area (Å²) in [5.41, 5.74) is 7.44. The molecule has 1 aliphatic carbocycles. The van der Waals surface area contributed by atoms with Gasteiger partial charge < -0.3 is 15.0 Å². The van der Waals surface area contributed by atoms with Crippen molar-refractivity contribution in [2.75, 3.05) is 12.3 Å². The van der Waals surface area contributed by atoms with Gasteiger partial charge in [-0.3, -0.25) is 0 Å². The van der Waals surface area contributed by atoms with Gasteiger partial charge in [0.15, 0.2) is 0 Å². The van der Waals surface area contributed by atoms with Gasteiger partial charge in [-0.15, -0.1) is 0 Å². The van der Waals surface area contributed by atoms with Crippen LogP contribution in [0.15, 0.2) is 18.2 Å². The molecule has 3 rings (SSSR count). The highest BCUT2D eigenvalue weighted by atomic mass is 19.1.